The second-order valence-electron chi connectivity index (χ2n) is 8.73. The van der Waals surface area contributed by atoms with Gasteiger partial charge in [-0.1, -0.05) is 60.4 Å². The molecule has 166 valence electrons. The Morgan fingerprint density at radius 1 is 0.970 bits per heavy atom. The van der Waals surface area contributed by atoms with Crippen LogP contribution in [0.2, 0.25) is 0 Å². The summed E-state index contributed by atoms with van der Waals surface area (Å²) in [5, 5.41) is 0. The Morgan fingerprint density at radius 3 is 2.12 bits per heavy atom. The van der Waals surface area contributed by atoms with Crippen LogP contribution in [-0.2, 0) is 26.3 Å². The minimum absolute atomic E-state index is 0.0689. The van der Waals surface area contributed by atoms with Crippen molar-refractivity contribution in [3.8, 4) is 11.8 Å². The van der Waals surface area contributed by atoms with Gasteiger partial charge in [-0.3, -0.25) is 9.59 Å². The first-order valence-corrected chi connectivity index (χ1v) is 10.7. The van der Waals surface area contributed by atoms with E-state index in [1.807, 2.05) is 74.5 Å². The Kier molecular flexibility index (Phi) is 5.97. The Balaban J connectivity index is 1.65. The summed E-state index contributed by atoms with van der Waals surface area (Å²) in [7, 11) is 1.69. The average Bonchev–Trinajstić information content (AvgIpc) is 3.03. The van der Waals surface area contributed by atoms with Crippen LogP contribution in [0.15, 0.2) is 73.1 Å². The van der Waals surface area contributed by atoms with E-state index < -0.39 is 16.9 Å². The number of likely N-dealkylation sites (tertiary alicyclic amines) is 1. The third-order valence-electron chi connectivity index (χ3n) is 6.00. The van der Waals surface area contributed by atoms with Crippen LogP contribution in [0.3, 0.4) is 0 Å². The second kappa shape index (κ2) is 8.87. The highest BCUT2D eigenvalue weighted by molar-refractivity contribution is 6.10. The topological polar surface area (TPSA) is 72.4 Å². The average molecular weight is 440 g/mol. The van der Waals surface area contributed by atoms with Crippen LogP contribution < -0.4 is 0 Å². The van der Waals surface area contributed by atoms with Crippen molar-refractivity contribution < 1.29 is 14.3 Å². The molecule has 1 aromatic heterocycles. The van der Waals surface area contributed by atoms with E-state index in [1.54, 1.807) is 24.3 Å². The Labute approximate surface area is 193 Å². The molecule has 1 atom stereocenters. The quantitative estimate of drug-likeness (QED) is 0.354. The van der Waals surface area contributed by atoms with Gasteiger partial charge in [0, 0.05) is 37.0 Å². The smallest absolute Gasteiger partial charge is 0.330 e. The van der Waals surface area contributed by atoms with Crippen molar-refractivity contribution in [1.82, 2.24) is 14.9 Å². The van der Waals surface area contributed by atoms with E-state index in [4.69, 9.17) is 4.74 Å². The number of rotatable bonds is 4. The van der Waals surface area contributed by atoms with E-state index in [2.05, 4.69) is 21.8 Å². The molecule has 1 aliphatic heterocycles. The molecule has 0 saturated carbocycles. The van der Waals surface area contributed by atoms with E-state index in [1.165, 1.54) is 0 Å². The molecule has 1 saturated heterocycles. The molecule has 6 nitrogen and oxygen atoms in total. The summed E-state index contributed by atoms with van der Waals surface area (Å²) in [5.41, 5.74) is 0.146. The zero-order chi connectivity index (χ0) is 23.5. The Hall–Kier alpha value is -3.98. The highest BCUT2D eigenvalue weighted by Crippen LogP contribution is 2.43. The van der Waals surface area contributed by atoms with Crippen LogP contribution in [0.5, 0.6) is 0 Å². The highest BCUT2D eigenvalue weighted by Gasteiger charge is 2.62. The van der Waals surface area contributed by atoms with Crippen LogP contribution in [0.1, 0.15) is 42.8 Å². The lowest BCUT2D eigenvalue weighted by Gasteiger charge is -2.26. The maximum atomic E-state index is 13.4. The maximum Gasteiger partial charge on any atom is 0.330 e. The Bertz CT molecular complexity index is 1210. The molecule has 0 N–H and O–H groups in total. The number of aromatic nitrogens is 2. The first-order chi connectivity index (χ1) is 15.8. The van der Waals surface area contributed by atoms with Gasteiger partial charge in [0.05, 0.1) is 5.56 Å². The van der Waals surface area contributed by atoms with E-state index >= 15 is 0 Å². The summed E-state index contributed by atoms with van der Waals surface area (Å²) in [6.45, 7) is 3.90. The number of hydrogen-bond acceptors (Lipinski definition) is 5. The van der Waals surface area contributed by atoms with Gasteiger partial charge in [-0.25, -0.2) is 9.97 Å². The van der Waals surface area contributed by atoms with Gasteiger partial charge in [0.25, 0.3) is 0 Å². The maximum absolute atomic E-state index is 13.4. The fraction of sp³-hybridized carbons (Fsp3) is 0.259. The molecule has 2 aromatic carbocycles. The van der Waals surface area contributed by atoms with Crippen LogP contribution in [-0.4, -0.2) is 39.3 Å². The number of hydrogen-bond donors (Lipinski definition) is 0. The number of ether oxygens (including phenoxy) is 1. The monoisotopic (exact) mass is 439 g/mol. The summed E-state index contributed by atoms with van der Waals surface area (Å²) in [5.74, 6) is 5.19. The zero-order valence-corrected chi connectivity index (χ0v) is 18.9. The van der Waals surface area contributed by atoms with E-state index in [-0.39, 0.29) is 24.8 Å². The molecule has 1 aliphatic rings. The minimum atomic E-state index is -1.60. The first-order valence-electron chi connectivity index (χ1n) is 10.7. The van der Waals surface area contributed by atoms with Gasteiger partial charge in [0.2, 0.25) is 11.3 Å². The molecule has 1 unspecified atom stereocenters. The number of likely N-dealkylation sites (N-methyl/N-ethyl adjacent to an activating group) is 1. The van der Waals surface area contributed by atoms with Crippen molar-refractivity contribution in [2.45, 2.75) is 37.8 Å². The van der Waals surface area contributed by atoms with Crippen LogP contribution in [0, 0.1) is 11.8 Å². The van der Waals surface area contributed by atoms with E-state index in [0.717, 1.165) is 11.1 Å². The van der Waals surface area contributed by atoms with Crippen molar-refractivity contribution in [2.24, 2.45) is 0 Å². The van der Waals surface area contributed by atoms with Gasteiger partial charge in [0.1, 0.15) is 6.61 Å². The van der Waals surface area contributed by atoms with Crippen molar-refractivity contribution in [2.75, 3.05) is 7.05 Å². The SMILES string of the molecule is CN1C(=O)C(C(=O)OCc2ccccc2)(c2ncc(C#Cc3ccccc3)cn2)CC1(C)C. The largest absolute Gasteiger partial charge is 0.460 e. The predicted molar refractivity (Wildman–Crippen MR) is 124 cm³/mol. The van der Waals surface area contributed by atoms with Gasteiger partial charge in [-0.2, -0.15) is 0 Å². The summed E-state index contributed by atoms with van der Waals surface area (Å²) in [6, 6.07) is 18.9. The summed E-state index contributed by atoms with van der Waals surface area (Å²) < 4.78 is 5.62. The standard InChI is InChI=1S/C27H25N3O3/c1-26(2)19-27(24(31)30(26)3,25(32)33-18-21-12-8-5-9-13-21)23-28-16-22(17-29-23)15-14-20-10-6-4-7-11-20/h4-13,16-17H,18-19H2,1-3H3. The molecule has 0 bridgehead atoms. The lowest BCUT2D eigenvalue weighted by atomic mass is 9.80. The fourth-order valence-corrected chi connectivity index (χ4v) is 3.95. The molecule has 0 radical (unpaired) electrons. The van der Waals surface area contributed by atoms with Crippen molar-refractivity contribution in [1.29, 1.82) is 0 Å². The number of carbonyl (C=O) groups excluding carboxylic acids is 2. The molecule has 1 amide bonds. The molecule has 0 spiro atoms. The molecule has 4 rings (SSSR count). The van der Waals surface area contributed by atoms with Gasteiger partial charge in [0.15, 0.2) is 5.82 Å². The fourth-order valence-electron chi connectivity index (χ4n) is 3.95. The van der Waals surface area contributed by atoms with Gasteiger partial charge in [-0.15, -0.1) is 0 Å². The van der Waals surface area contributed by atoms with Crippen molar-refractivity contribution in [3.63, 3.8) is 0 Å². The summed E-state index contributed by atoms with van der Waals surface area (Å²) in [4.78, 5) is 37.2. The van der Waals surface area contributed by atoms with E-state index in [9.17, 15) is 9.59 Å². The second-order valence-corrected chi connectivity index (χ2v) is 8.73. The number of benzene rings is 2. The molecule has 33 heavy (non-hydrogen) atoms. The minimum Gasteiger partial charge on any atom is -0.460 e. The number of amides is 1. The van der Waals surface area contributed by atoms with Crippen LogP contribution in [0.25, 0.3) is 0 Å². The number of nitrogens with zero attached hydrogens (tertiary/aromatic N) is 3. The highest BCUT2D eigenvalue weighted by atomic mass is 16.5. The number of carbonyl (C=O) groups is 2. The zero-order valence-electron chi connectivity index (χ0n) is 18.9. The molecule has 6 heteroatoms. The number of esters is 1. The molecule has 2 heterocycles. The first kappa shape index (κ1) is 22.2. The third-order valence-corrected chi connectivity index (χ3v) is 6.00. The summed E-state index contributed by atoms with van der Waals surface area (Å²) >= 11 is 0. The lowest BCUT2D eigenvalue weighted by molar-refractivity contribution is -0.156. The summed E-state index contributed by atoms with van der Waals surface area (Å²) in [6.07, 6.45) is 3.31. The molecular formula is C27H25N3O3. The molecule has 3 aromatic rings. The van der Waals surface area contributed by atoms with E-state index in [0.29, 0.717) is 5.56 Å². The molecule has 0 aliphatic carbocycles. The Morgan fingerprint density at radius 2 is 1.55 bits per heavy atom. The van der Waals surface area contributed by atoms with Gasteiger partial charge < -0.3 is 9.64 Å². The third kappa shape index (κ3) is 4.35. The molecule has 1 fully saturated rings. The van der Waals surface area contributed by atoms with Crippen LogP contribution >= 0.6 is 0 Å². The van der Waals surface area contributed by atoms with Gasteiger partial charge >= 0.3 is 5.97 Å². The van der Waals surface area contributed by atoms with Gasteiger partial charge in [-0.05, 0) is 31.5 Å². The lowest BCUT2D eigenvalue weighted by Crippen LogP contribution is -2.46. The van der Waals surface area contributed by atoms with Crippen LogP contribution in [0.4, 0.5) is 0 Å². The molecular weight excluding hydrogens is 414 g/mol. The predicted octanol–water partition coefficient (Wildman–Crippen LogP) is 3.50. The normalized spacial score (nSPS) is 19.0. The van der Waals surface area contributed by atoms with Crippen molar-refractivity contribution in [3.05, 3.63) is 95.6 Å². The van der Waals surface area contributed by atoms with Crippen molar-refractivity contribution >= 4 is 11.9 Å².